The van der Waals surface area contributed by atoms with E-state index in [0.29, 0.717) is 22.5 Å². The molecule has 0 atom stereocenters. The Labute approximate surface area is 125 Å². The molecule has 2 rings (SSSR count). The summed E-state index contributed by atoms with van der Waals surface area (Å²) in [6, 6.07) is 1.80. The zero-order valence-electron chi connectivity index (χ0n) is 10.5. The Bertz CT molecular complexity index is 576. The highest BCUT2D eigenvalue weighted by Gasteiger charge is 2.12. The molecule has 8 heteroatoms. The van der Waals surface area contributed by atoms with Crippen molar-refractivity contribution in [2.45, 2.75) is 24.4 Å². The Morgan fingerprint density at radius 2 is 2.11 bits per heavy atom. The van der Waals surface area contributed by atoms with Gasteiger partial charge in [-0.05, 0) is 13.0 Å². The van der Waals surface area contributed by atoms with E-state index in [4.69, 9.17) is 28.9 Å². The second kappa shape index (κ2) is 6.09. The van der Waals surface area contributed by atoms with Gasteiger partial charge in [-0.25, -0.2) is 4.98 Å². The van der Waals surface area contributed by atoms with E-state index in [-0.39, 0.29) is 0 Å². The number of halogens is 2. The number of hydrogen-bond donors (Lipinski definition) is 1. The molecule has 19 heavy (non-hydrogen) atoms. The molecule has 0 bridgehead atoms. The summed E-state index contributed by atoms with van der Waals surface area (Å²) in [5.74, 6) is 1.32. The third-order valence-corrected chi connectivity index (χ3v) is 4.30. The lowest BCUT2D eigenvalue weighted by Crippen LogP contribution is -2.05. The number of aromatic nitrogens is 4. The lowest BCUT2D eigenvalue weighted by molar-refractivity contribution is 0.734. The van der Waals surface area contributed by atoms with E-state index in [9.17, 15) is 0 Å². The van der Waals surface area contributed by atoms with Gasteiger partial charge in [0.2, 0.25) is 0 Å². The van der Waals surface area contributed by atoms with E-state index in [1.54, 1.807) is 6.07 Å². The SMILES string of the molecule is Cc1cc(Cl)c(CSc2nnc(CN)n2C)c(Cl)n1. The van der Waals surface area contributed by atoms with Crippen molar-refractivity contribution in [2.75, 3.05) is 0 Å². The van der Waals surface area contributed by atoms with Crippen molar-refractivity contribution in [3.05, 3.63) is 33.3 Å². The van der Waals surface area contributed by atoms with Crippen molar-refractivity contribution in [1.29, 1.82) is 0 Å². The molecule has 0 aliphatic heterocycles. The topological polar surface area (TPSA) is 69.6 Å². The summed E-state index contributed by atoms with van der Waals surface area (Å²) in [6.07, 6.45) is 0. The number of hydrogen-bond acceptors (Lipinski definition) is 5. The van der Waals surface area contributed by atoms with Crippen LogP contribution in [0.15, 0.2) is 11.2 Å². The van der Waals surface area contributed by atoms with Crippen molar-refractivity contribution in [2.24, 2.45) is 12.8 Å². The van der Waals surface area contributed by atoms with E-state index in [0.717, 1.165) is 22.2 Å². The van der Waals surface area contributed by atoms with Crippen LogP contribution < -0.4 is 5.73 Å². The first kappa shape index (κ1) is 14.6. The van der Waals surface area contributed by atoms with E-state index in [1.165, 1.54) is 11.8 Å². The summed E-state index contributed by atoms with van der Waals surface area (Å²) >= 11 is 13.8. The molecule has 2 aromatic rings. The van der Waals surface area contributed by atoms with Gasteiger partial charge < -0.3 is 10.3 Å². The molecule has 0 saturated heterocycles. The van der Waals surface area contributed by atoms with Crippen LogP contribution in [0.1, 0.15) is 17.1 Å². The minimum atomic E-state index is 0.359. The second-order valence-electron chi connectivity index (χ2n) is 3.97. The smallest absolute Gasteiger partial charge is 0.191 e. The van der Waals surface area contributed by atoms with Gasteiger partial charge in [-0.1, -0.05) is 35.0 Å². The molecule has 0 saturated carbocycles. The molecule has 0 fully saturated rings. The van der Waals surface area contributed by atoms with E-state index < -0.39 is 0 Å². The maximum atomic E-state index is 6.17. The Hall–Kier alpha value is -0.820. The van der Waals surface area contributed by atoms with Crippen LogP contribution in [0.4, 0.5) is 0 Å². The quantitative estimate of drug-likeness (QED) is 0.693. The summed E-state index contributed by atoms with van der Waals surface area (Å²) in [5, 5.41) is 9.88. The minimum absolute atomic E-state index is 0.359. The predicted molar refractivity (Wildman–Crippen MR) is 77.4 cm³/mol. The Balaban J connectivity index is 2.17. The normalized spacial score (nSPS) is 11.0. The summed E-state index contributed by atoms with van der Waals surface area (Å²) in [7, 11) is 1.88. The predicted octanol–water partition coefficient (Wildman–Crippen LogP) is 2.58. The summed E-state index contributed by atoms with van der Waals surface area (Å²) in [4.78, 5) is 4.20. The van der Waals surface area contributed by atoms with Crippen molar-refractivity contribution in [3.8, 4) is 0 Å². The van der Waals surface area contributed by atoms with Gasteiger partial charge in [-0.15, -0.1) is 10.2 Å². The fourth-order valence-electron chi connectivity index (χ4n) is 1.54. The molecule has 0 radical (unpaired) electrons. The van der Waals surface area contributed by atoms with Crippen LogP contribution in [-0.4, -0.2) is 19.7 Å². The zero-order valence-corrected chi connectivity index (χ0v) is 12.9. The molecule has 102 valence electrons. The Kier molecular flexibility index (Phi) is 4.67. The van der Waals surface area contributed by atoms with Gasteiger partial charge in [0.05, 0.1) is 6.54 Å². The van der Waals surface area contributed by atoms with E-state index in [2.05, 4.69) is 15.2 Å². The van der Waals surface area contributed by atoms with Crippen LogP contribution in [0.2, 0.25) is 10.2 Å². The molecule has 2 aromatic heterocycles. The lowest BCUT2D eigenvalue weighted by Gasteiger charge is -2.07. The van der Waals surface area contributed by atoms with Crippen LogP contribution in [0.3, 0.4) is 0 Å². The molecule has 2 N–H and O–H groups in total. The summed E-state index contributed by atoms with van der Waals surface area (Å²) in [6.45, 7) is 2.21. The highest BCUT2D eigenvalue weighted by Crippen LogP contribution is 2.30. The minimum Gasteiger partial charge on any atom is -0.324 e. The number of aryl methyl sites for hydroxylation is 1. The van der Waals surface area contributed by atoms with Gasteiger partial charge in [0.25, 0.3) is 0 Å². The molecule has 0 aliphatic rings. The highest BCUT2D eigenvalue weighted by atomic mass is 35.5. The first-order valence-corrected chi connectivity index (χ1v) is 7.29. The van der Waals surface area contributed by atoms with E-state index >= 15 is 0 Å². The van der Waals surface area contributed by atoms with Crippen molar-refractivity contribution in [1.82, 2.24) is 19.7 Å². The number of nitrogens with zero attached hydrogens (tertiary/aromatic N) is 4. The Morgan fingerprint density at radius 1 is 1.37 bits per heavy atom. The molecule has 0 aromatic carbocycles. The fraction of sp³-hybridized carbons (Fsp3) is 0.364. The molecule has 0 spiro atoms. The average molecular weight is 318 g/mol. The molecule has 0 amide bonds. The van der Waals surface area contributed by atoms with Crippen LogP contribution in [0.5, 0.6) is 0 Å². The van der Waals surface area contributed by atoms with Gasteiger partial charge in [0.1, 0.15) is 11.0 Å². The highest BCUT2D eigenvalue weighted by molar-refractivity contribution is 7.98. The zero-order chi connectivity index (χ0) is 14.0. The number of rotatable bonds is 4. The summed E-state index contributed by atoms with van der Waals surface area (Å²) < 4.78 is 1.86. The van der Waals surface area contributed by atoms with Gasteiger partial charge >= 0.3 is 0 Å². The van der Waals surface area contributed by atoms with E-state index in [1.807, 2.05) is 18.5 Å². The second-order valence-corrected chi connectivity index (χ2v) is 5.67. The van der Waals surface area contributed by atoms with Crippen LogP contribution in [-0.2, 0) is 19.3 Å². The molecular formula is C11H13Cl2N5S. The summed E-state index contributed by atoms with van der Waals surface area (Å²) in [5.41, 5.74) is 7.15. The van der Waals surface area contributed by atoms with Crippen LogP contribution >= 0.6 is 35.0 Å². The monoisotopic (exact) mass is 317 g/mol. The average Bonchev–Trinajstić information content (AvgIpc) is 2.69. The molecule has 0 unspecified atom stereocenters. The van der Waals surface area contributed by atoms with Crippen molar-refractivity contribution >= 4 is 35.0 Å². The standard InChI is InChI=1S/C11H13Cl2N5S/c1-6-3-8(12)7(10(13)15-6)5-19-11-17-16-9(4-14)18(11)2/h3H,4-5,14H2,1-2H3. The molecule has 2 heterocycles. The van der Waals surface area contributed by atoms with Crippen molar-refractivity contribution < 1.29 is 0 Å². The third kappa shape index (κ3) is 3.20. The lowest BCUT2D eigenvalue weighted by atomic mass is 10.3. The molecule has 0 aliphatic carbocycles. The molecular weight excluding hydrogens is 305 g/mol. The first-order valence-electron chi connectivity index (χ1n) is 5.55. The van der Waals surface area contributed by atoms with Gasteiger partial charge in [0.15, 0.2) is 5.16 Å². The third-order valence-electron chi connectivity index (χ3n) is 2.60. The number of nitrogens with two attached hydrogens (primary N) is 1. The Morgan fingerprint density at radius 3 is 2.68 bits per heavy atom. The molecule has 5 nitrogen and oxygen atoms in total. The van der Waals surface area contributed by atoms with Crippen molar-refractivity contribution in [3.63, 3.8) is 0 Å². The number of pyridine rings is 1. The maximum Gasteiger partial charge on any atom is 0.191 e. The number of thioether (sulfide) groups is 1. The largest absolute Gasteiger partial charge is 0.324 e. The van der Waals surface area contributed by atoms with Gasteiger partial charge in [-0.3, -0.25) is 0 Å². The van der Waals surface area contributed by atoms with Gasteiger partial charge in [0, 0.05) is 29.1 Å². The van der Waals surface area contributed by atoms with Gasteiger partial charge in [-0.2, -0.15) is 0 Å². The van der Waals surface area contributed by atoms with Crippen LogP contribution in [0, 0.1) is 6.92 Å². The van der Waals surface area contributed by atoms with Crippen LogP contribution in [0.25, 0.3) is 0 Å². The maximum absolute atomic E-state index is 6.17. The fourth-order valence-corrected chi connectivity index (χ4v) is 3.32. The first-order chi connectivity index (χ1) is 9.02.